The van der Waals surface area contributed by atoms with E-state index in [0.29, 0.717) is 58.5 Å². The van der Waals surface area contributed by atoms with E-state index in [1.807, 2.05) is 59.0 Å². The summed E-state index contributed by atoms with van der Waals surface area (Å²) in [5.41, 5.74) is 10.0. The Morgan fingerprint density at radius 1 is 1.08 bits per heavy atom. The molecule has 0 spiro atoms. The van der Waals surface area contributed by atoms with E-state index in [9.17, 15) is 24.0 Å². The Morgan fingerprint density at radius 2 is 1.85 bits per heavy atom. The van der Waals surface area contributed by atoms with Gasteiger partial charge in [0.15, 0.2) is 0 Å². The summed E-state index contributed by atoms with van der Waals surface area (Å²) in [6.07, 6.45) is 5.39. The molecule has 4 aliphatic rings. The van der Waals surface area contributed by atoms with E-state index in [4.69, 9.17) is 19.2 Å². The number of likely N-dealkylation sites (N-methyl/N-ethyl adjacent to an activating group) is 2. The molecule has 3 aromatic rings. The summed E-state index contributed by atoms with van der Waals surface area (Å²) < 4.78 is 19.8. The molecule has 16 nitrogen and oxygen atoms in total. The van der Waals surface area contributed by atoms with Gasteiger partial charge in [-0.2, -0.15) is 0 Å². The molecule has 5 heterocycles. The normalized spacial score (nSPS) is 23.0. The number of aryl methyl sites for hydroxylation is 1. The highest BCUT2D eigenvalue weighted by atomic mass is 16.5. The van der Waals surface area contributed by atoms with Crippen LogP contribution in [0, 0.1) is 29.1 Å². The van der Waals surface area contributed by atoms with Gasteiger partial charge in [-0.25, -0.2) is 5.43 Å². The van der Waals surface area contributed by atoms with Gasteiger partial charge in [0, 0.05) is 81.4 Å². The predicted molar refractivity (Wildman–Crippen MR) is 284 cm³/mol. The zero-order valence-electron chi connectivity index (χ0n) is 44.6. The van der Waals surface area contributed by atoms with Crippen molar-refractivity contribution in [1.82, 2.24) is 35.0 Å². The van der Waals surface area contributed by atoms with Crippen molar-refractivity contribution in [3.63, 3.8) is 0 Å². The third kappa shape index (κ3) is 12.3. The summed E-state index contributed by atoms with van der Waals surface area (Å²) in [5, 5.41) is 5.55. The molecule has 1 unspecified atom stereocenters. The molecule has 16 heteroatoms. The highest BCUT2D eigenvalue weighted by molar-refractivity contribution is 5.97. The number of esters is 1. The van der Waals surface area contributed by atoms with E-state index in [2.05, 4.69) is 83.7 Å². The fourth-order valence-electron chi connectivity index (χ4n) is 10.7. The minimum Gasteiger partial charge on any atom is -0.464 e. The van der Waals surface area contributed by atoms with E-state index in [-0.39, 0.29) is 49.5 Å². The molecule has 73 heavy (non-hydrogen) atoms. The van der Waals surface area contributed by atoms with Crippen LogP contribution in [0.15, 0.2) is 65.8 Å². The highest BCUT2D eigenvalue weighted by Crippen LogP contribution is 2.40. The number of rotatable bonds is 11. The summed E-state index contributed by atoms with van der Waals surface area (Å²) in [5.74, 6) is 2.96. The maximum Gasteiger partial charge on any atom is 0.324 e. The summed E-state index contributed by atoms with van der Waals surface area (Å²) in [4.78, 5) is 80.9. The fourth-order valence-corrected chi connectivity index (χ4v) is 10.7. The number of allylic oxidation sites excluding steroid dienone is 2. The lowest BCUT2D eigenvalue weighted by Gasteiger charge is -2.37. The van der Waals surface area contributed by atoms with Crippen LogP contribution in [0.4, 0.5) is 0 Å². The molecular formula is C57H76N8O8. The smallest absolute Gasteiger partial charge is 0.324 e. The summed E-state index contributed by atoms with van der Waals surface area (Å²) >= 11 is 0. The number of nitrogens with zero attached hydrogens (tertiary/aromatic N) is 6. The monoisotopic (exact) mass is 1000 g/mol. The minimum atomic E-state index is -1.08. The number of likely N-dealkylation sites (tertiary alicyclic amines) is 1. The molecule has 0 aliphatic carbocycles. The van der Waals surface area contributed by atoms with E-state index in [1.54, 1.807) is 25.3 Å². The van der Waals surface area contributed by atoms with Gasteiger partial charge in [0.2, 0.25) is 11.8 Å². The van der Waals surface area contributed by atoms with Crippen LogP contribution < -0.4 is 10.7 Å². The number of carbonyl (C=O) groups excluding carboxylic acids is 5. The number of methoxy groups -OCH3 is 1. The first-order valence-electron chi connectivity index (χ1n) is 25.9. The van der Waals surface area contributed by atoms with Crippen molar-refractivity contribution in [3.05, 3.63) is 77.6 Å². The molecule has 0 saturated carbocycles. The van der Waals surface area contributed by atoms with Gasteiger partial charge in [0.05, 0.1) is 49.3 Å². The fraction of sp³-hybridized carbons (Fsp3) is 0.544. The van der Waals surface area contributed by atoms with Crippen LogP contribution in [0.25, 0.3) is 27.6 Å². The van der Waals surface area contributed by atoms with Gasteiger partial charge < -0.3 is 33.9 Å². The standard InChI is InChI=1S/C57H76N8O8/c1-12-43(50(58-13-2)37(6)71-11)52-45-32-57(7,8)35-73-56(70)46-19-16-25-65(60-46)55(69)47(30-38-17-15-18-39(29-38)40-20-22-48(44(45)31-40)64(52)14-3)59-53(67)51(36(4)5)62(10)54(68)41-24-26-63(33-41)49(66)23-21-42-34-72-28-27-61(42)9/h12-13,15,17-18,20,22,29,31,36-37,41-42,46-47,51,60H,1,14,16,19,24-28,30,32-35H2,2-11H3,(H,59,67)/b50-43+,58-13?/t37-,41?,42+,46-,47-,51-/m0/s1. The number of cyclic esters (lactones) is 1. The summed E-state index contributed by atoms with van der Waals surface area (Å²) in [6, 6.07) is 11.5. The average molecular weight is 1000 g/mol. The van der Waals surface area contributed by atoms with Crippen LogP contribution in [0.2, 0.25) is 0 Å². The Balaban J connectivity index is 1.22. The third-order valence-corrected chi connectivity index (χ3v) is 14.8. The van der Waals surface area contributed by atoms with Crippen LogP contribution in [-0.2, 0) is 57.6 Å². The van der Waals surface area contributed by atoms with Gasteiger partial charge >= 0.3 is 5.97 Å². The second-order valence-corrected chi connectivity index (χ2v) is 21.0. The van der Waals surface area contributed by atoms with Crippen molar-refractivity contribution in [3.8, 4) is 23.0 Å². The topological polar surface area (TPSA) is 167 Å². The quantitative estimate of drug-likeness (QED) is 0.106. The van der Waals surface area contributed by atoms with Gasteiger partial charge in [-0.3, -0.25) is 38.9 Å². The van der Waals surface area contributed by atoms with Crippen molar-refractivity contribution in [1.29, 1.82) is 0 Å². The first-order valence-corrected chi connectivity index (χ1v) is 25.9. The molecule has 4 amide bonds. The molecule has 3 fully saturated rings. The largest absolute Gasteiger partial charge is 0.464 e. The van der Waals surface area contributed by atoms with Crippen molar-refractivity contribution >= 4 is 52.3 Å². The van der Waals surface area contributed by atoms with E-state index < -0.39 is 47.2 Å². The number of carbonyl (C=O) groups is 5. The van der Waals surface area contributed by atoms with Crippen LogP contribution in [0.3, 0.4) is 0 Å². The molecule has 6 atom stereocenters. The second-order valence-electron chi connectivity index (χ2n) is 21.0. The number of morpholine rings is 1. The number of hydrogen-bond acceptors (Lipinski definition) is 11. The molecule has 2 aromatic carbocycles. The molecule has 0 radical (unpaired) electrons. The first kappa shape index (κ1) is 54.6. The molecule has 7 rings (SSSR count). The van der Waals surface area contributed by atoms with E-state index in [0.717, 1.165) is 56.7 Å². The number of amides is 4. The SMILES string of the molecule is C=C/C(=C(\N=CC)[C@H](C)OC)c1c2c3cc(ccc3n1CC)-c1cccc(c1)C[C@H](NC(=O)[C@H](C(C)C)N(C)C(=O)C1CCN(C(=O)C#C[C@@H]3COCCN3C)C1)C(=O)N1CCC[C@H](N1)C(=O)OCC(C)(C)C2. The third-order valence-electron chi connectivity index (χ3n) is 14.8. The van der Waals surface area contributed by atoms with Gasteiger partial charge in [-0.1, -0.05) is 76.6 Å². The molecular weight excluding hydrogens is 925 g/mol. The molecule has 1 aromatic heterocycles. The van der Waals surface area contributed by atoms with Gasteiger partial charge in [-0.15, -0.1) is 0 Å². The molecule has 3 saturated heterocycles. The van der Waals surface area contributed by atoms with Crippen LogP contribution in [0.5, 0.6) is 0 Å². The molecule has 2 N–H and O–H groups in total. The van der Waals surface area contributed by atoms with Gasteiger partial charge in [0.25, 0.3) is 11.8 Å². The Labute approximate surface area is 431 Å². The second kappa shape index (κ2) is 23.8. The highest BCUT2D eigenvalue weighted by Gasteiger charge is 2.40. The number of hydrazine groups is 1. The lowest BCUT2D eigenvalue weighted by molar-refractivity contribution is -0.155. The number of benzene rings is 2. The minimum absolute atomic E-state index is 0.110. The number of ether oxygens (including phenoxy) is 3. The maximum absolute atomic E-state index is 14.8. The lowest BCUT2D eigenvalue weighted by Crippen LogP contribution is -2.62. The van der Waals surface area contributed by atoms with Crippen molar-refractivity contribution < 1.29 is 38.2 Å². The molecule has 4 aliphatic heterocycles. The van der Waals surface area contributed by atoms with Crippen LogP contribution in [0.1, 0.15) is 84.5 Å². The Hall–Kier alpha value is -6.12. The Morgan fingerprint density at radius 3 is 2.55 bits per heavy atom. The van der Waals surface area contributed by atoms with Crippen LogP contribution in [-0.4, -0.2) is 158 Å². The number of aromatic nitrogens is 1. The molecule has 6 bridgehead atoms. The lowest BCUT2D eigenvalue weighted by atomic mass is 9.84. The maximum atomic E-state index is 14.8. The number of fused-ring (bicyclic) bond motifs is 6. The van der Waals surface area contributed by atoms with Gasteiger partial charge in [0.1, 0.15) is 18.1 Å². The number of hydrogen-bond donors (Lipinski definition) is 2. The molecule has 392 valence electrons. The Kier molecular flexibility index (Phi) is 17.8. The Bertz CT molecular complexity index is 2690. The van der Waals surface area contributed by atoms with Crippen molar-refractivity contribution in [2.45, 2.75) is 117 Å². The van der Waals surface area contributed by atoms with Crippen molar-refractivity contribution in [2.24, 2.45) is 22.2 Å². The van der Waals surface area contributed by atoms with E-state index in [1.165, 1.54) is 9.91 Å². The van der Waals surface area contributed by atoms with Crippen molar-refractivity contribution in [2.75, 3.05) is 67.2 Å². The zero-order chi connectivity index (χ0) is 52.7. The number of aliphatic imine (C=N–C) groups is 1. The zero-order valence-corrected chi connectivity index (χ0v) is 44.6. The summed E-state index contributed by atoms with van der Waals surface area (Å²) in [7, 11) is 5.23. The average Bonchev–Trinajstić information content (AvgIpc) is 3.99. The van der Waals surface area contributed by atoms with E-state index >= 15 is 0 Å². The summed E-state index contributed by atoms with van der Waals surface area (Å²) in [6.45, 7) is 21.6. The van der Waals surface area contributed by atoms with Gasteiger partial charge in [-0.05, 0) is 99.7 Å². The number of nitrogens with one attached hydrogen (secondary N) is 2. The van der Waals surface area contributed by atoms with Crippen LogP contribution >= 0.6 is 0 Å². The first-order chi connectivity index (χ1) is 34.9. The predicted octanol–water partition coefficient (Wildman–Crippen LogP) is 5.66.